The van der Waals surface area contributed by atoms with Gasteiger partial charge in [0, 0.05) is 6.20 Å². The molecule has 0 saturated carbocycles. The SMILES string of the molecule is Cc1ccn(C(C)C(=O)Nc2c(C#N)cnn2-c2ccccc2)n1. The number of aryl methyl sites for hydroxylation is 1. The molecule has 2 aromatic heterocycles. The summed E-state index contributed by atoms with van der Waals surface area (Å²) in [7, 11) is 0. The van der Waals surface area contributed by atoms with E-state index >= 15 is 0 Å². The van der Waals surface area contributed by atoms with Crippen molar-refractivity contribution in [1.29, 1.82) is 5.26 Å². The molecule has 1 N–H and O–H groups in total. The van der Waals surface area contributed by atoms with Crippen molar-refractivity contribution in [2.24, 2.45) is 0 Å². The zero-order valence-corrected chi connectivity index (χ0v) is 13.3. The van der Waals surface area contributed by atoms with Crippen LogP contribution >= 0.6 is 0 Å². The van der Waals surface area contributed by atoms with Gasteiger partial charge >= 0.3 is 0 Å². The molecular formula is C17H16N6O. The number of anilines is 1. The van der Waals surface area contributed by atoms with Gasteiger partial charge < -0.3 is 5.32 Å². The Labute approximate surface area is 139 Å². The Kier molecular flexibility index (Phi) is 4.12. The van der Waals surface area contributed by atoms with E-state index in [2.05, 4.69) is 21.6 Å². The zero-order valence-electron chi connectivity index (χ0n) is 13.3. The summed E-state index contributed by atoms with van der Waals surface area (Å²) in [6, 6.07) is 12.7. The highest BCUT2D eigenvalue weighted by Gasteiger charge is 2.20. The Hall–Kier alpha value is -3.40. The van der Waals surface area contributed by atoms with Crippen LogP contribution < -0.4 is 5.32 Å². The van der Waals surface area contributed by atoms with Crippen molar-refractivity contribution in [1.82, 2.24) is 19.6 Å². The maximum Gasteiger partial charge on any atom is 0.250 e. The van der Waals surface area contributed by atoms with Crippen LogP contribution in [-0.2, 0) is 4.79 Å². The molecule has 0 saturated heterocycles. The van der Waals surface area contributed by atoms with E-state index in [1.165, 1.54) is 10.9 Å². The minimum Gasteiger partial charge on any atom is -0.308 e. The highest BCUT2D eigenvalue weighted by Crippen LogP contribution is 2.21. The molecule has 0 fully saturated rings. The van der Waals surface area contributed by atoms with Gasteiger partial charge in [0.1, 0.15) is 17.7 Å². The molecule has 120 valence electrons. The second-order valence-corrected chi connectivity index (χ2v) is 5.37. The number of hydrogen-bond acceptors (Lipinski definition) is 4. The third-order valence-corrected chi connectivity index (χ3v) is 3.65. The number of amides is 1. The molecule has 3 rings (SSSR count). The third-order valence-electron chi connectivity index (χ3n) is 3.65. The summed E-state index contributed by atoms with van der Waals surface area (Å²) in [5.74, 6) is 0.0803. The van der Waals surface area contributed by atoms with E-state index in [0.717, 1.165) is 11.4 Å². The first-order valence-electron chi connectivity index (χ1n) is 7.46. The number of nitrogens with zero attached hydrogens (tertiary/aromatic N) is 5. The molecule has 1 amide bonds. The van der Waals surface area contributed by atoms with Crippen LogP contribution in [0.1, 0.15) is 24.2 Å². The second-order valence-electron chi connectivity index (χ2n) is 5.37. The third kappa shape index (κ3) is 2.90. The monoisotopic (exact) mass is 320 g/mol. The number of rotatable bonds is 4. The highest BCUT2D eigenvalue weighted by molar-refractivity contribution is 5.94. The number of nitriles is 1. The number of hydrogen-bond donors (Lipinski definition) is 1. The van der Waals surface area contributed by atoms with Crippen LogP contribution in [0.3, 0.4) is 0 Å². The van der Waals surface area contributed by atoms with Crippen molar-refractivity contribution in [2.75, 3.05) is 5.32 Å². The van der Waals surface area contributed by atoms with Gasteiger partial charge in [-0.15, -0.1) is 0 Å². The maximum absolute atomic E-state index is 12.5. The van der Waals surface area contributed by atoms with Gasteiger partial charge in [-0.3, -0.25) is 9.48 Å². The van der Waals surface area contributed by atoms with Crippen molar-refractivity contribution in [3.05, 3.63) is 60.0 Å². The average molecular weight is 320 g/mol. The molecular weight excluding hydrogens is 304 g/mol. The van der Waals surface area contributed by atoms with Crippen LogP contribution in [0.2, 0.25) is 0 Å². The summed E-state index contributed by atoms with van der Waals surface area (Å²) in [6.45, 7) is 3.61. The number of carbonyl (C=O) groups is 1. The van der Waals surface area contributed by atoms with Gasteiger partial charge in [-0.1, -0.05) is 18.2 Å². The molecule has 1 aromatic carbocycles. The Morgan fingerprint density at radius 3 is 2.67 bits per heavy atom. The predicted molar refractivity (Wildman–Crippen MR) is 88.6 cm³/mol. The van der Waals surface area contributed by atoms with Crippen molar-refractivity contribution >= 4 is 11.7 Å². The van der Waals surface area contributed by atoms with Crippen molar-refractivity contribution < 1.29 is 4.79 Å². The van der Waals surface area contributed by atoms with E-state index in [1.807, 2.05) is 43.3 Å². The van der Waals surface area contributed by atoms with Crippen LogP contribution in [0, 0.1) is 18.3 Å². The molecule has 24 heavy (non-hydrogen) atoms. The molecule has 1 atom stereocenters. The number of benzene rings is 1. The topological polar surface area (TPSA) is 88.5 Å². The number of para-hydroxylation sites is 1. The molecule has 0 radical (unpaired) electrons. The van der Waals surface area contributed by atoms with E-state index < -0.39 is 6.04 Å². The number of carbonyl (C=O) groups excluding carboxylic acids is 1. The fraction of sp³-hybridized carbons (Fsp3) is 0.176. The molecule has 0 aliphatic rings. The first-order valence-corrected chi connectivity index (χ1v) is 7.46. The zero-order chi connectivity index (χ0) is 17.1. The van der Waals surface area contributed by atoms with Crippen molar-refractivity contribution in [3.8, 4) is 11.8 Å². The molecule has 0 spiro atoms. The predicted octanol–water partition coefficient (Wildman–Crippen LogP) is 2.45. The fourth-order valence-electron chi connectivity index (χ4n) is 2.31. The van der Waals surface area contributed by atoms with E-state index in [0.29, 0.717) is 11.4 Å². The summed E-state index contributed by atoms with van der Waals surface area (Å²) >= 11 is 0. The number of aromatic nitrogens is 4. The Morgan fingerprint density at radius 2 is 2.04 bits per heavy atom. The van der Waals surface area contributed by atoms with Crippen LogP contribution in [0.5, 0.6) is 0 Å². The van der Waals surface area contributed by atoms with Crippen LogP contribution in [0.25, 0.3) is 5.69 Å². The van der Waals surface area contributed by atoms with Gasteiger partial charge in [0.05, 0.1) is 17.6 Å². The Morgan fingerprint density at radius 1 is 1.29 bits per heavy atom. The van der Waals surface area contributed by atoms with E-state index in [-0.39, 0.29) is 5.91 Å². The van der Waals surface area contributed by atoms with E-state index in [9.17, 15) is 10.1 Å². The Balaban J connectivity index is 1.91. The lowest BCUT2D eigenvalue weighted by Gasteiger charge is -2.14. The summed E-state index contributed by atoms with van der Waals surface area (Å²) < 4.78 is 3.12. The standard InChI is InChI=1S/C17H16N6O/c1-12-8-9-22(21-12)13(2)17(24)20-16-14(10-18)11-19-23(16)15-6-4-3-5-7-15/h3-9,11,13H,1-2H3,(H,20,24). The Bertz CT molecular complexity index is 903. The molecule has 3 aromatic rings. The van der Waals surface area contributed by atoms with Gasteiger partial charge in [0.2, 0.25) is 5.91 Å². The summed E-state index contributed by atoms with van der Waals surface area (Å²) in [5.41, 5.74) is 1.90. The normalized spacial score (nSPS) is 11.7. The average Bonchev–Trinajstić information content (AvgIpc) is 3.21. The quantitative estimate of drug-likeness (QED) is 0.799. The fourth-order valence-corrected chi connectivity index (χ4v) is 2.31. The first kappa shape index (κ1) is 15.5. The molecule has 2 heterocycles. The lowest BCUT2D eigenvalue weighted by molar-refractivity contribution is -0.119. The maximum atomic E-state index is 12.5. The lowest BCUT2D eigenvalue weighted by atomic mass is 10.3. The second kappa shape index (κ2) is 6.38. The summed E-state index contributed by atoms with van der Waals surface area (Å²) in [4.78, 5) is 12.5. The highest BCUT2D eigenvalue weighted by atomic mass is 16.2. The molecule has 7 nitrogen and oxygen atoms in total. The summed E-state index contributed by atoms with van der Waals surface area (Å²) in [5, 5.41) is 20.5. The largest absolute Gasteiger partial charge is 0.308 e. The molecule has 1 unspecified atom stereocenters. The van der Waals surface area contributed by atoms with E-state index in [1.54, 1.807) is 17.8 Å². The van der Waals surface area contributed by atoms with Gasteiger partial charge in [0.15, 0.2) is 5.82 Å². The minimum atomic E-state index is -0.510. The molecule has 0 aliphatic carbocycles. The molecule has 0 bridgehead atoms. The smallest absolute Gasteiger partial charge is 0.250 e. The van der Waals surface area contributed by atoms with Gasteiger partial charge in [-0.05, 0) is 32.0 Å². The van der Waals surface area contributed by atoms with Crippen molar-refractivity contribution in [2.45, 2.75) is 19.9 Å². The number of nitrogens with one attached hydrogen (secondary N) is 1. The van der Waals surface area contributed by atoms with Gasteiger partial charge in [0.25, 0.3) is 0 Å². The van der Waals surface area contributed by atoms with Crippen LogP contribution in [0.15, 0.2) is 48.8 Å². The minimum absolute atomic E-state index is 0.271. The van der Waals surface area contributed by atoms with Gasteiger partial charge in [-0.25, -0.2) is 4.68 Å². The van der Waals surface area contributed by atoms with Crippen LogP contribution in [-0.4, -0.2) is 25.5 Å². The molecule has 7 heteroatoms. The van der Waals surface area contributed by atoms with Gasteiger partial charge in [-0.2, -0.15) is 15.5 Å². The lowest BCUT2D eigenvalue weighted by Crippen LogP contribution is -2.25. The van der Waals surface area contributed by atoms with E-state index in [4.69, 9.17) is 0 Å². The van der Waals surface area contributed by atoms with Crippen LogP contribution in [0.4, 0.5) is 5.82 Å². The molecule has 0 aliphatic heterocycles. The van der Waals surface area contributed by atoms with Crippen molar-refractivity contribution in [3.63, 3.8) is 0 Å². The summed E-state index contributed by atoms with van der Waals surface area (Å²) in [6.07, 6.45) is 3.19. The first-order chi connectivity index (χ1) is 11.6.